The summed E-state index contributed by atoms with van der Waals surface area (Å²) >= 11 is 0. The number of carbonyl (C=O) groups is 1. The minimum atomic E-state index is -0.0256. The summed E-state index contributed by atoms with van der Waals surface area (Å²) in [4.78, 5) is 13.8. The Morgan fingerprint density at radius 1 is 1.67 bits per heavy atom. The van der Waals surface area contributed by atoms with Crippen LogP contribution in [0.5, 0.6) is 0 Å². The first-order chi connectivity index (χ1) is 8.57. The third-order valence-corrected chi connectivity index (χ3v) is 3.75. The Hall–Kier alpha value is -1.36. The van der Waals surface area contributed by atoms with Crippen LogP contribution < -0.4 is 0 Å². The van der Waals surface area contributed by atoms with E-state index in [1.165, 1.54) is 5.56 Å². The van der Waals surface area contributed by atoms with Gasteiger partial charge in [-0.05, 0) is 25.3 Å². The highest BCUT2D eigenvalue weighted by atomic mass is 16.5. The second-order valence-electron chi connectivity index (χ2n) is 5.34. The number of H-pyrrole nitrogens is 1. The van der Waals surface area contributed by atoms with Gasteiger partial charge < -0.3 is 9.64 Å². The standard InChI is InChI=1S/C13H21N3O2/c1-10-7-14-15-12(10)13(2)5-4-6-16(9-13)11(17)8-18-3/h7H,4-6,8-9H2,1-3H3,(H,14,15). The SMILES string of the molecule is COCC(=O)N1CCCC(C)(c2[nH]ncc2C)C1. The van der Waals surface area contributed by atoms with Gasteiger partial charge in [0.15, 0.2) is 0 Å². The number of piperidine rings is 1. The molecule has 0 bridgehead atoms. The van der Waals surface area contributed by atoms with Crippen molar-refractivity contribution in [2.45, 2.75) is 32.1 Å². The summed E-state index contributed by atoms with van der Waals surface area (Å²) in [6.07, 6.45) is 3.94. The number of methoxy groups -OCH3 is 1. The van der Waals surface area contributed by atoms with Gasteiger partial charge in [0.25, 0.3) is 0 Å². The average molecular weight is 251 g/mol. The second kappa shape index (κ2) is 5.10. The molecule has 0 spiro atoms. The number of carbonyl (C=O) groups excluding carboxylic acids is 1. The molecule has 1 fully saturated rings. The lowest BCUT2D eigenvalue weighted by Gasteiger charge is -2.40. The normalized spacial score (nSPS) is 24.3. The zero-order valence-corrected chi connectivity index (χ0v) is 11.3. The molecule has 1 aliphatic heterocycles. The van der Waals surface area contributed by atoms with Crippen molar-refractivity contribution < 1.29 is 9.53 Å². The molecule has 2 heterocycles. The topological polar surface area (TPSA) is 58.2 Å². The van der Waals surface area contributed by atoms with Crippen molar-refractivity contribution in [2.75, 3.05) is 26.8 Å². The van der Waals surface area contributed by atoms with Gasteiger partial charge >= 0.3 is 0 Å². The van der Waals surface area contributed by atoms with Gasteiger partial charge in [0.1, 0.15) is 6.61 Å². The van der Waals surface area contributed by atoms with Crippen LogP contribution >= 0.6 is 0 Å². The lowest BCUT2D eigenvalue weighted by atomic mass is 9.77. The molecule has 1 aromatic heterocycles. The van der Waals surface area contributed by atoms with E-state index in [-0.39, 0.29) is 17.9 Å². The highest BCUT2D eigenvalue weighted by molar-refractivity contribution is 5.77. The van der Waals surface area contributed by atoms with Crippen LogP contribution in [0.3, 0.4) is 0 Å². The van der Waals surface area contributed by atoms with Gasteiger partial charge in [0, 0.05) is 31.3 Å². The molecule has 18 heavy (non-hydrogen) atoms. The van der Waals surface area contributed by atoms with Crippen LogP contribution in [0.15, 0.2) is 6.20 Å². The van der Waals surface area contributed by atoms with Crippen molar-refractivity contribution in [3.8, 4) is 0 Å². The highest BCUT2D eigenvalue weighted by Gasteiger charge is 2.36. The molecule has 1 aromatic rings. The summed E-state index contributed by atoms with van der Waals surface area (Å²) in [6.45, 7) is 5.97. The fourth-order valence-corrected chi connectivity index (χ4v) is 2.83. The Kier molecular flexibility index (Phi) is 3.71. The first kappa shape index (κ1) is 13.1. The Labute approximate surface area is 108 Å². The van der Waals surface area contributed by atoms with Crippen molar-refractivity contribution >= 4 is 5.91 Å². The predicted molar refractivity (Wildman–Crippen MR) is 68.4 cm³/mol. The quantitative estimate of drug-likeness (QED) is 0.879. The third-order valence-electron chi connectivity index (χ3n) is 3.75. The van der Waals surface area contributed by atoms with Crippen LogP contribution in [0.25, 0.3) is 0 Å². The molecule has 5 heteroatoms. The van der Waals surface area contributed by atoms with Gasteiger partial charge in [-0.25, -0.2) is 0 Å². The lowest BCUT2D eigenvalue weighted by Crippen LogP contribution is -2.48. The zero-order chi connectivity index (χ0) is 13.2. The van der Waals surface area contributed by atoms with Gasteiger partial charge in [0.2, 0.25) is 5.91 Å². The number of aromatic amines is 1. The van der Waals surface area contributed by atoms with Gasteiger partial charge in [-0.3, -0.25) is 9.89 Å². The number of rotatable bonds is 3. The van der Waals surface area contributed by atoms with E-state index >= 15 is 0 Å². The van der Waals surface area contributed by atoms with Crippen LogP contribution in [0.4, 0.5) is 0 Å². The number of hydrogen-bond donors (Lipinski definition) is 1. The number of aryl methyl sites for hydroxylation is 1. The molecule has 0 radical (unpaired) electrons. The van der Waals surface area contributed by atoms with Gasteiger partial charge in [-0.1, -0.05) is 6.92 Å². The Morgan fingerprint density at radius 3 is 3.06 bits per heavy atom. The number of likely N-dealkylation sites (tertiary alicyclic amines) is 1. The predicted octanol–water partition coefficient (Wildman–Crippen LogP) is 1.24. The first-order valence-electron chi connectivity index (χ1n) is 6.34. The molecular formula is C13H21N3O2. The molecule has 0 aliphatic carbocycles. The fourth-order valence-electron chi connectivity index (χ4n) is 2.83. The van der Waals surface area contributed by atoms with E-state index in [0.29, 0.717) is 0 Å². The lowest BCUT2D eigenvalue weighted by molar-refractivity contribution is -0.137. The second-order valence-corrected chi connectivity index (χ2v) is 5.34. The third kappa shape index (κ3) is 2.41. The van der Waals surface area contributed by atoms with Crippen molar-refractivity contribution in [1.29, 1.82) is 0 Å². The monoisotopic (exact) mass is 251 g/mol. The van der Waals surface area contributed by atoms with E-state index in [4.69, 9.17) is 4.74 Å². The van der Waals surface area contributed by atoms with Crippen molar-refractivity contribution in [3.05, 3.63) is 17.5 Å². The first-order valence-corrected chi connectivity index (χ1v) is 6.34. The smallest absolute Gasteiger partial charge is 0.248 e. The molecule has 1 N–H and O–H groups in total. The zero-order valence-electron chi connectivity index (χ0n) is 11.3. The maximum atomic E-state index is 11.9. The Morgan fingerprint density at radius 2 is 2.44 bits per heavy atom. The van der Waals surface area contributed by atoms with Crippen LogP contribution in [0, 0.1) is 6.92 Å². The van der Waals surface area contributed by atoms with Crippen LogP contribution in [0.2, 0.25) is 0 Å². The molecule has 1 unspecified atom stereocenters. The summed E-state index contributed by atoms with van der Waals surface area (Å²) in [5, 5.41) is 7.18. The molecule has 0 aromatic carbocycles. The van der Waals surface area contributed by atoms with E-state index < -0.39 is 0 Å². The van der Waals surface area contributed by atoms with Crippen LogP contribution in [0.1, 0.15) is 31.0 Å². The van der Waals surface area contributed by atoms with Crippen molar-refractivity contribution in [3.63, 3.8) is 0 Å². The van der Waals surface area contributed by atoms with Gasteiger partial charge in [-0.15, -0.1) is 0 Å². The van der Waals surface area contributed by atoms with E-state index in [0.717, 1.165) is 31.6 Å². The maximum Gasteiger partial charge on any atom is 0.248 e. The molecule has 1 atom stereocenters. The molecule has 100 valence electrons. The molecule has 2 rings (SSSR count). The number of nitrogens with zero attached hydrogens (tertiary/aromatic N) is 2. The summed E-state index contributed by atoms with van der Waals surface area (Å²) in [5.41, 5.74) is 2.29. The maximum absolute atomic E-state index is 11.9. The average Bonchev–Trinajstić information content (AvgIpc) is 2.76. The van der Waals surface area contributed by atoms with Crippen molar-refractivity contribution in [1.82, 2.24) is 15.1 Å². The molecule has 1 saturated heterocycles. The largest absolute Gasteiger partial charge is 0.375 e. The minimum Gasteiger partial charge on any atom is -0.375 e. The Bertz CT molecular complexity index is 430. The summed E-state index contributed by atoms with van der Waals surface area (Å²) < 4.78 is 4.93. The number of nitrogens with one attached hydrogen (secondary N) is 1. The number of aromatic nitrogens is 2. The van der Waals surface area contributed by atoms with Crippen molar-refractivity contribution in [2.24, 2.45) is 0 Å². The molecular weight excluding hydrogens is 230 g/mol. The molecule has 5 nitrogen and oxygen atoms in total. The summed E-state index contributed by atoms with van der Waals surface area (Å²) in [6, 6.07) is 0. The summed E-state index contributed by atoms with van der Waals surface area (Å²) in [5.74, 6) is 0.0700. The fraction of sp³-hybridized carbons (Fsp3) is 0.692. The molecule has 1 aliphatic rings. The van der Waals surface area contributed by atoms with E-state index in [2.05, 4.69) is 24.0 Å². The van der Waals surface area contributed by atoms with Crippen LogP contribution in [-0.2, 0) is 14.9 Å². The summed E-state index contributed by atoms with van der Waals surface area (Å²) in [7, 11) is 1.56. The van der Waals surface area contributed by atoms with Crippen LogP contribution in [-0.4, -0.2) is 47.8 Å². The number of amides is 1. The molecule has 1 amide bonds. The van der Waals surface area contributed by atoms with E-state index in [1.54, 1.807) is 7.11 Å². The van der Waals surface area contributed by atoms with E-state index in [9.17, 15) is 4.79 Å². The number of ether oxygens (including phenoxy) is 1. The Balaban J connectivity index is 2.15. The van der Waals surface area contributed by atoms with E-state index in [1.807, 2.05) is 11.1 Å². The van der Waals surface area contributed by atoms with Gasteiger partial charge in [-0.2, -0.15) is 5.10 Å². The molecule has 0 saturated carbocycles. The highest BCUT2D eigenvalue weighted by Crippen LogP contribution is 2.34. The number of hydrogen-bond acceptors (Lipinski definition) is 3. The minimum absolute atomic E-state index is 0.0256. The van der Waals surface area contributed by atoms with Gasteiger partial charge in [0.05, 0.1) is 6.20 Å².